The summed E-state index contributed by atoms with van der Waals surface area (Å²) in [5.74, 6) is -0.411. The standard InChI is InChI=1S/C16H19FN6O2/c17-12-5-2-1-4-11(12)13(23-15(18)25)10-14(24)19-8-9-22-16-20-6-3-7-21-16/h1-7,13H,8-10H2,(H,19,24)(H3,18,23,25)(H,20,21,22)/t13-/m0/s1. The van der Waals surface area contributed by atoms with Crippen molar-refractivity contribution >= 4 is 17.9 Å². The lowest BCUT2D eigenvalue weighted by molar-refractivity contribution is -0.121. The fraction of sp³-hybridized carbons (Fsp3) is 0.250. The summed E-state index contributed by atoms with van der Waals surface area (Å²) in [6.07, 6.45) is 3.07. The fourth-order valence-electron chi connectivity index (χ4n) is 2.19. The van der Waals surface area contributed by atoms with Gasteiger partial charge in [-0.25, -0.2) is 19.2 Å². The highest BCUT2D eigenvalue weighted by molar-refractivity contribution is 5.78. The van der Waals surface area contributed by atoms with Crippen LogP contribution in [0.4, 0.5) is 15.1 Å². The maximum absolute atomic E-state index is 13.9. The van der Waals surface area contributed by atoms with Gasteiger partial charge in [0.15, 0.2) is 0 Å². The zero-order valence-corrected chi connectivity index (χ0v) is 13.4. The van der Waals surface area contributed by atoms with E-state index >= 15 is 0 Å². The first-order valence-electron chi connectivity index (χ1n) is 7.64. The summed E-state index contributed by atoms with van der Waals surface area (Å²) in [5.41, 5.74) is 5.32. The molecule has 1 aromatic carbocycles. The van der Waals surface area contributed by atoms with E-state index in [1.165, 1.54) is 18.2 Å². The summed E-state index contributed by atoms with van der Waals surface area (Å²) in [6.45, 7) is 0.737. The zero-order chi connectivity index (χ0) is 18.1. The second kappa shape index (κ2) is 9.16. The molecule has 8 nitrogen and oxygen atoms in total. The number of hydrogen-bond donors (Lipinski definition) is 4. The molecule has 0 saturated heterocycles. The minimum Gasteiger partial charge on any atom is -0.354 e. The van der Waals surface area contributed by atoms with Crippen molar-refractivity contribution in [3.05, 3.63) is 54.1 Å². The normalized spacial score (nSPS) is 11.4. The van der Waals surface area contributed by atoms with E-state index in [0.29, 0.717) is 19.0 Å². The molecule has 0 aliphatic heterocycles. The van der Waals surface area contributed by atoms with Gasteiger partial charge in [-0.2, -0.15) is 0 Å². The Morgan fingerprint density at radius 1 is 1.12 bits per heavy atom. The van der Waals surface area contributed by atoms with Crippen molar-refractivity contribution in [1.82, 2.24) is 20.6 Å². The molecule has 132 valence electrons. The quantitative estimate of drug-likeness (QED) is 0.530. The van der Waals surface area contributed by atoms with Gasteiger partial charge in [0.2, 0.25) is 11.9 Å². The first kappa shape index (κ1) is 18.1. The van der Waals surface area contributed by atoms with Crippen LogP contribution in [-0.4, -0.2) is 35.0 Å². The van der Waals surface area contributed by atoms with Crippen molar-refractivity contribution in [3.63, 3.8) is 0 Å². The number of urea groups is 1. The van der Waals surface area contributed by atoms with Crippen molar-refractivity contribution in [1.29, 1.82) is 0 Å². The Balaban J connectivity index is 1.85. The molecule has 0 aliphatic carbocycles. The van der Waals surface area contributed by atoms with Gasteiger partial charge < -0.3 is 21.7 Å². The molecule has 0 unspecified atom stereocenters. The lowest BCUT2D eigenvalue weighted by Gasteiger charge is -2.18. The average Bonchev–Trinajstić information content (AvgIpc) is 2.59. The number of primary amides is 1. The van der Waals surface area contributed by atoms with Crippen molar-refractivity contribution in [2.24, 2.45) is 5.73 Å². The minimum absolute atomic E-state index is 0.133. The van der Waals surface area contributed by atoms with Crippen LogP contribution in [-0.2, 0) is 4.79 Å². The molecule has 5 N–H and O–H groups in total. The van der Waals surface area contributed by atoms with E-state index in [-0.39, 0.29) is 17.9 Å². The summed E-state index contributed by atoms with van der Waals surface area (Å²) in [6, 6.07) is 5.92. The number of anilines is 1. The number of carbonyl (C=O) groups excluding carboxylic acids is 2. The van der Waals surface area contributed by atoms with Crippen LogP contribution in [0.2, 0.25) is 0 Å². The topological polar surface area (TPSA) is 122 Å². The molecule has 0 fully saturated rings. The molecular weight excluding hydrogens is 327 g/mol. The smallest absolute Gasteiger partial charge is 0.312 e. The molecule has 9 heteroatoms. The Morgan fingerprint density at radius 3 is 2.52 bits per heavy atom. The third-order valence-corrected chi connectivity index (χ3v) is 3.28. The lowest BCUT2D eigenvalue weighted by Crippen LogP contribution is -2.38. The maximum Gasteiger partial charge on any atom is 0.312 e. The molecule has 25 heavy (non-hydrogen) atoms. The number of rotatable bonds is 8. The summed E-state index contributed by atoms with van der Waals surface area (Å²) in [5, 5.41) is 8.00. The Hall–Kier alpha value is -3.23. The summed E-state index contributed by atoms with van der Waals surface area (Å²) < 4.78 is 13.9. The van der Waals surface area contributed by atoms with Crippen molar-refractivity contribution in [3.8, 4) is 0 Å². The lowest BCUT2D eigenvalue weighted by atomic mass is 10.0. The van der Waals surface area contributed by atoms with Gasteiger partial charge >= 0.3 is 6.03 Å². The molecule has 1 atom stereocenters. The fourth-order valence-corrected chi connectivity index (χ4v) is 2.19. The van der Waals surface area contributed by atoms with Gasteiger partial charge in [-0.1, -0.05) is 18.2 Å². The molecule has 3 amide bonds. The number of nitrogens with one attached hydrogen (secondary N) is 3. The van der Waals surface area contributed by atoms with E-state index in [4.69, 9.17) is 5.73 Å². The van der Waals surface area contributed by atoms with E-state index in [9.17, 15) is 14.0 Å². The summed E-state index contributed by atoms with van der Waals surface area (Å²) in [4.78, 5) is 31.1. The van der Waals surface area contributed by atoms with Crippen molar-refractivity contribution < 1.29 is 14.0 Å². The number of hydrogen-bond acceptors (Lipinski definition) is 5. The Morgan fingerprint density at radius 2 is 1.84 bits per heavy atom. The third kappa shape index (κ3) is 6.05. The third-order valence-electron chi connectivity index (χ3n) is 3.28. The Bertz CT molecular complexity index is 713. The molecule has 0 bridgehead atoms. The van der Waals surface area contributed by atoms with Gasteiger partial charge in [-0.15, -0.1) is 0 Å². The van der Waals surface area contributed by atoms with Gasteiger partial charge in [0.1, 0.15) is 5.82 Å². The molecule has 0 saturated carbocycles. The summed E-state index contributed by atoms with van der Waals surface area (Å²) in [7, 11) is 0. The molecule has 2 rings (SSSR count). The van der Waals surface area contributed by atoms with Crippen LogP contribution in [0.5, 0.6) is 0 Å². The van der Waals surface area contributed by atoms with E-state index in [0.717, 1.165) is 0 Å². The van der Waals surface area contributed by atoms with Crippen molar-refractivity contribution in [2.45, 2.75) is 12.5 Å². The predicted octanol–water partition coefficient (Wildman–Crippen LogP) is 0.944. The molecule has 1 aromatic heterocycles. The monoisotopic (exact) mass is 346 g/mol. The van der Waals surface area contributed by atoms with Crippen LogP contribution in [0.1, 0.15) is 18.0 Å². The van der Waals surface area contributed by atoms with Crippen LogP contribution >= 0.6 is 0 Å². The molecule has 1 heterocycles. The first-order chi connectivity index (χ1) is 12.1. The van der Waals surface area contributed by atoms with Gasteiger partial charge in [-0.05, 0) is 12.1 Å². The largest absolute Gasteiger partial charge is 0.354 e. The van der Waals surface area contributed by atoms with E-state index < -0.39 is 17.9 Å². The highest BCUT2D eigenvalue weighted by atomic mass is 19.1. The second-order valence-corrected chi connectivity index (χ2v) is 5.14. The number of carbonyl (C=O) groups is 2. The van der Waals surface area contributed by atoms with Gasteiger partial charge in [-0.3, -0.25) is 4.79 Å². The van der Waals surface area contributed by atoms with Crippen LogP contribution in [0.15, 0.2) is 42.7 Å². The van der Waals surface area contributed by atoms with Crippen LogP contribution in [0.3, 0.4) is 0 Å². The molecule has 0 radical (unpaired) electrons. The maximum atomic E-state index is 13.9. The van der Waals surface area contributed by atoms with Crippen LogP contribution in [0.25, 0.3) is 0 Å². The van der Waals surface area contributed by atoms with Crippen LogP contribution in [0, 0.1) is 5.82 Å². The van der Waals surface area contributed by atoms with E-state index in [1.807, 2.05) is 0 Å². The predicted molar refractivity (Wildman–Crippen MR) is 90.0 cm³/mol. The SMILES string of the molecule is NC(=O)N[C@@H](CC(=O)NCCNc1ncccn1)c1ccccc1F. The van der Waals surface area contributed by atoms with Gasteiger partial charge in [0, 0.05) is 31.0 Å². The molecule has 2 aromatic rings. The number of amides is 3. The highest BCUT2D eigenvalue weighted by Gasteiger charge is 2.20. The average molecular weight is 346 g/mol. The number of benzene rings is 1. The van der Waals surface area contributed by atoms with E-state index in [1.54, 1.807) is 24.5 Å². The number of nitrogens with zero attached hydrogens (tertiary/aromatic N) is 2. The highest BCUT2D eigenvalue weighted by Crippen LogP contribution is 2.19. The second-order valence-electron chi connectivity index (χ2n) is 5.14. The van der Waals surface area contributed by atoms with E-state index in [2.05, 4.69) is 25.9 Å². The number of halogens is 1. The first-order valence-corrected chi connectivity index (χ1v) is 7.64. The van der Waals surface area contributed by atoms with Gasteiger partial charge in [0.25, 0.3) is 0 Å². The summed E-state index contributed by atoms with van der Waals surface area (Å²) >= 11 is 0. The number of aromatic nitrogens is 2. The Labute approximate surface area is 144 Å². The van der Waals surface area contributed by atoms with Crippen LogP contribution < -0.4 is 21.7 Å². The van der Waals surface area contributed by atoms with Gasteiger partial charge in [0.05, 0.1) is 12.5 Å². The minimum atomic E-state index is -0.843. The Kier molecular flexibility index (Phi) is 6.64. The number of nitrogens with two attached hydrogens (primary N) is 1. The zero-order valence-electron chi connectivity index (χ0n) is 13.4. The van der Waals surface area contributed by atoms with Crippen molar-refractivity contribution in [2.75, 3.05) is 18.4 Å². The molecule has 0 spiro atoms. The molecular formula is C16H19FN6O2. The molecule has 0 aliphatic rings.